The Morgan fingerprint density at radius 1 is 1.18 bits per heavy atom. The number of hydrazine groups is 1. The van der Waals surface area contributed by atoms with Crippen molar-refractivity contribution in [2.75, 3.05) is 14.1 Å². The predicted octanol–water partition coefficient (Wildman–Crippen LogP) is 2.19. The summed E-state index contributed by atoms with van der Waals surface area (Å²) in [5.41, 5.74) is 2.82. The lowest BCUT2D eigenvalue weighted by Gasteiger charge is -2.17. The van der Waals surface area contributed by atoms with E-state index in [-0.39, 0.29) is 11.6 Å². The molecule has 2 fully saturated rings. The van der Waals surface area contributed by atoms with E-state index in [2.05, 4.69) is 15.4 Å². The monoisotopic (exact) mass is 394 g/mol. The van der Waals surface area contributed by atoms with Crippen LogP contribution in [-0.4, -0.2) is 52.2 Å². The fourth-order valence-corrected chi connectivity index (χ4v) is 3.05. The second-order valence-corrected chi connectivity index (χ2v) is 6.91. The molecule has 11 heteroatoms. The molecule has 1 aromatic heterocycles. The highest BCUT2D eigenvalue weighted by Gasteiger charge is 2.38. The summed E-state index contributed by atoms with van der Waals surface area (Å²) in [5.74, 6) is -0.429. The number of urea groups is 1. The van der Waals surface area contributed by atoms with Gasteiger partial charge in [-0.3, -0.25) is 19.6 Å². The number of alkyl halides is 3. The quantitative estimate of drug-likeness (QED) is 0.628. The Hall–Kier alpha value is -2.95. The highest BCUT2D eigenvalue weighted by molar-refractivity contribution is 6.11. The van der Waals surface area contributed by atoms with Gasteiger partial charge in [-0.05, 0) is 30.5 Å². The molecule has 1 aromatic rings. The molecule has 28 heavy (non-hydrogen) atoms. The molecule has 8 nitrogen and oxygen atoms in total. The minimum Gasteiger partial charge on any atom is -0.291 e. The van der Waals surface area contributed by atoms with E-state index in [1.165, 1.54) is 36.5 Å². The number of carbonyl (C=O) groups excluding carboxylic acids is 2. The van der Waals surface area contributed by atoms with Crippen molar-refractivity contribution >= 4 is 18.3 Å². The van der Waals surface area contributed by atoms with Crippen molar-refractivity contribution in [2.45, 2.75) is 31.1 Å². The minimum absolute atomic E-state index is 0.0518. The third-order valence-corrected chi connectivity index (χ3v) is 4.80. The summed E-state index contributed by atoms with van der Waals surface area (Å²) in [7, 11) is 2.83. The number of carbonyl (C=O) groups is 2. The Balaban J connectivity index is 1.57. The average molecular weight is 394 g/mol. The van der Waals surface area contributed by atoms with Crippen LogP contribution in [0.5, 0.6) is 0 Å². The molecule has 1 unspecified atom stereocenters. The zero-order valence-corrected chi connectivity index (χ0v) is 15.1. The molecule has 148 valence electrons. The number of aromatic nitrogens is 1. The number of halogens is 3. The summed E-state index contributed by atoms with van der Waals surface area (Å²) in [6.07, 6.45) is -0.929. The van der Waals surface area contributed by atoms with Gasteiger partial charge in [-0.2, -0.15) is 13.2 Å². The van der Waals surface area contributed by atoms with Crippen LogP contribution in [0.15, 0.2) is 29.0 Å². The highest BCUT2D eigenvalue weighted by Crippen LogP contribution is 2.41. The number of aliphatic imine (C=N–C) groups is 1. The van der Waals surface area contributed by atoms with Gasteiger partial charge in [-0.1, -0.05) is 0 Å². The van der Waals surface area contributed by atoms with E-state index in [1.807, 2.05) is 0 Å². The van der Waals surface area contributed by atoms with Crippen LogP contribution in [0.2, 0.25) is 0 Å². The van der Waals surface area contributed by atoms with E-state index in [9.17, 15) is 22.8 Å². The molecule has 0 bridgehead atoms. The van der Waals surface area contributed by atoms with Gasteiger partial charge in [0, 0.05) is 25.7 Å². The van der Waals surface area contributed by atoms with Crippen LogP contribution in [0.1, 0.15) is 41.9 Å². The molecule has 0 spiro atoms. The smallest absolute Gasteiger partial charge is 0.291 e. The van der Waals surface area contributed by atoms with E-state index >= 15 is 0 Å². The number of likely N-dealkylation sites (N-methyl/N-ethyl adjacent to an activating group) is 2. The second-order valence-electron chi connectivity index (χ2n) is 6.91. The third kappa shape index (κ3) is 3.21. The first-order chi connectivity index (χ1) is 13.1. The minimum atomic E-state index is -4.55. The third-order valence-electron chi connectivity index (χ3n) is 4.80. The number of rotatable bonds is 3. The zero-order valence-electron chi connectivity index (χ0n) is 15.1. The molecular weight excluding hydrogens is 377 g/mol. The number of hydrogen-bond donors (Lipinski definition) is 1. The molecule has 3 heterocycles. The number of nitrogens with one attached hydrogen (secondary N) is 1. The molecule has 0 aromatic carbocycles. The summed E-state index contributed by atoms with van der Waals surface area (Å²) in [6.45, 7) is 0. The van der Waals surface area contributed by atoms with Crippen LogP contribution in [0.4, 0.5) is 18.0 Å². The molecule has 1 aliphatic carbocycles. The van der Waals surface area contributed by atoms with Crippen LogP contribution in [0, 0.1) is 0 Å². The normalized spacial score (nSPS) is 24.2. The van der Waals surface area contributed by atoms with Crippen molar-refractivity contribution in [2.24, 2.45) is 4.99 Å². The maximum absolute atomic E-state index is 13.2. The number of hydrogen-bond acceptors (Lipinski definition) is 6. The van der Waals surface area contributed by atoms with Gasteiger partial charge in [0.1, 0.15) is 23.9 Å². The lowest BCUT2D eigenvalue weighted by atomic mass is 10.1. The topological polar surface area (TPSA) is 81.1 Å². The van der Waals surface area contributed by atoms with Crippen LogP contribution in [0.3, 0.4) is 0 Å². The van der Waals surface area contributed by atoms with E-state index in [0.717, 1.165) is 23.8 Å². The van der Waals surface area contributed by atoms with Gasteiger partial charge in [-0.15, -0.1) is 0 Å². The van der Waals surface area contributed by atoms with Crippen LogP contribution >= 0.6 is 0 Å². The van der Waals surface area contributed by atoms with Crippen molar-refractivity contribution in [1.29, 1.82) is 0 Å². The lowest BCUT2D eigenvalue weighted by molar-refractivity contribution is -0.141. The molecule has 3 amide bonds. The van der Waals surface area contributed by atoms with Gasteiger partial charge in [-0.25, -0.2) is 20.2 Å². The fourth-order valence-electron chi connectivity index (χ4n) is 3.05. The highest BCUT2D eigenvalue weighted by atomic mass is 19.4. The first-order valence-electron chi connectivity index (χ1n) is 8.59. The molecule has 4 rings (SSSR count). The molecule has 1 N–H and O–H groups in total. The number of amides is 3. The fraction of sp³-hybridized carbons (Fsp3) is 0.412. The Morgan fingerprint density at radius 2 is 1.89 bits per heavy atom. The van der Waals surface area contributed by atoms with E-state index in [1.54, 1.807) is 6.07 Å². The van der Waals surface area contributed by atoms with Crippen molar-refractivity contribution in [3.63, 3.8) is 0 Å². The van der Waals surface area contributed by atoms with Gasteiger partial charge in [0.25, 0.3) is 5.91 Å². The maximum atomic E-state index is 13.2. The molecule has 3 aliphatic rings. The molecule has 0 radical (unpaired) electrons. The Bertz CT molecular complexity index is 909. The first kappa shape index (κ1) is 18.4. The van der Waals surface area contributed by atoms with Gasteiger partial charge in [0.15, 0.2) is 0 Å². The summed E-state index contributed by atoms with van der Waals surface area (Å²) in [6, 6.07) is 2.13. The summed E-state index contributed by atoms with van der Waals surface area (Å²) < 4.78 is 39.6. The maximum Gasteiger partial charge on any atom is 0.433 e. The Morgan fingerprint density at radius 3 is 2.46 bits per heavy atom. The largest absolute Gasteiger partial charge is 0.433 e. The number of imide groups is 1. The summed E-state index contributed by atoms with van der Waals surface area (Å²) in [5, 5.41) is 1.35. The number of pyridine rings is 1. The second kappa shape index (κ2) is 6.30. The molecule has 1 saturated carbocycles. The average Bonchev–Trinajstić information content (AvgIpc) is 3.37. The van der Waals surface area contributed by atoms with Gasteiger partial charge in [0.2, 0.25) is 0 Å². The number of nitrogens with zero attached hydrogens (tertiary/aromatic N) is 5. The molecule has 1 saturated heterocycles. The predicted molar refractivity (Wildman–Crippen MR) is 91.4 cm³/mol. The van der Waals surface area contributed by atoms with Crippen molar-refractivity contribution < 1.29 is 22.8 Å². The van der Waals surface area contributed by atoms with Gasteiger partial charge < -0.3 is 0 Å². The summed E-state index contributed by atoms with van der Waals surface area (Å²) in [4.78, 5) is 34.0. The molecule has 2 aliphatic heterocycles. The van der Waals surface area contributed by atoms with Crippen molar-refractivity contribution in [3.05, 3.63) is 41.0 Å². The standard InChI is InChI=1S/C17H17F3N6O2/c1-24-12(15(27)25(2)16(24)28)7-26-8-21-14(23-26)10-5-11(9-3-4-9)22-13(6-10)17(18,19)20/h5-9,14,23H,3-4H2,1-2H3/b12-7-. The Kier molecular flexibility index (Phi) is 4.14. The Labute approximate surface area is 158 Å². The SMILES string of the molecule is CN1C(=O)/C(=C/N2C=NC(c3cc(C4CC4)nc(C(F)(F)F)c3)N2)N(C)C1=O. The van der Waals surface area contributed by atoms with E-state index in [0.29, 0.717) is 11.3 Å². The van der Waals surface area contributed by atoms with Crippen LogP contribution in [0.25, 0.3) is 0 Å². The molecule has 1 atom stereocenters. The lowest BCUT2D eigenvalue weighted by Crippen LogP contribution is -2.31. The van der Waals surface area contributed by atoms with E-state index in [4.69, 9.17) is 0 Å². The van der Waals surface area contributed by atoms with Gasteiger partial charge >= 0.3 is 12.2 Å². The molecular formula is C17H17F3N6O2. The van der Waals surface area contributed by atoms with E-state index < -0.39 is 30.0 Å². The first-order valence-corrected chi connectivity index (χ1v) is 8.59. The van der Waals surface area contributed by atoms with Crippen molar-refractivity contribution in [3.8, 4) is 0 Å². The van der Waals surface area contributed by atoms with Crippen LogP contribution < -0.4 is 5.43 Å². The summed E-state index contributed by atoms with van der Waals surface area (Å²) >= 11 is 0. The van der Waals surface area contributed by atoms with Gasteiger partial charge in [0.05, 0.1) is 6.20 Å². The van der Waals surface area contributed by atoms with Crippen molar-refractivity contribution in [1.82, 2.24) is 25.2 Å². The zero-order chi connectivity index (χ0) is 20.2. The van der Waals surface area contributed by atoms with Crippen LogP contribution in [-0.2, 0) is 11.0 Å².